The first-order chi connectivity index (χ1) is 16.6. The largest absolute Gasteiger partial charge is 0.458 e. The second-order valence-electron chi connectivity index (χ2n) is 8.22. The van der Waals surface area contributed by atoms with Crippen LogP contribution in [0.3, 0.4) is 0 Å². The minimum Gasteiger partial charge on any atom is -0.458 e. The monoisotopic (exact) mass is 502 g/mol. The quantitative estimate of drug-likeness (QED) is 0.177. The van der Waals surface area contributed by atoms with Gasteiger partial charge in [-0.3, -0.25) is 0 Å². The highest BCUT2D eigenvalue weighted by Gasteiger charge is 2.46. The summed E-state index contributed by atoms with van der Waals surface area (Å²) in [6, 6.07) is 5.05. The van der Waals surface area contributed by atoms with Crippen molar-refractivity contribution in [3.05, 3.63) is 34.7 Å². The maximum Gasteiger partial charge on any atom is 0.336 e. The molecule has 0 radical (unpaired) electrons. The topological polar surface area (TPSA) is 229 Å². The first-order valence-electron chi connectivity index (χ1n) is 10.7. The zero-order valence-electron chi connectivity index (χ0n) is 18.0. The zero-order valence-corrected chi connectivity index (χ0v) is 18.0. The number of hydrogen-bond donors (Lipinski definition) is 8. The molecule has 1 aromatic heterocycles. The van der Waals surface area contributed by atoms with Gasteiger partial charge in [0.15, 0.2) is 11.5 Å². The molecule has 0 saturated carbocycles. The van der Waals surface area contributed by atoms with Crippen molar-refractivity contribution in [2.45, 2.75) is 61.4 Å². The number of aliphatic hydroxyl groups is 8. The van der Waals surface area contributed by atoms with Gasteiger partial charge in [-0.05, 0) is 12.1 Å². The van der Waals surface area contributed by atoms with Gasteiger partial charge in [0.1, 0.15) is 54.4 Å². The molecule has 8 N–H and O–H groups in total. The molecule has 1 aromatic carbocycles. The van der Waals surface area contributed by atoms with Gasteiger partial charge in [0.05, 0.1) is 13.2 Å². The van der Waals surface area contributed by atoms with Crippen LogP contribution in [0.2, 0.25) is 0 Å². The van der Waals surface area contributed by atoms with Crippen molar-refractivity contribution in [2.75, 3.05) is 13.2 Å². The van der Waals surface area contributed by atoms with Crippen LogP contribution in [0.5, 0.6) is 11.5 Å². The molecule has 2 aliphatic rings. The van der Waals surface area contributed by atoms with Gasteiger partial charge in [-0.15, -0.1) is 0 Å². The van der Waals surface area contributed by atoms with Crippen LogP contribution in [-0.4, -0.2) is 115 Å². The maximum absolute atomic E-state index is 11.7. The molecule has 0 spiro atoms. The third-order valence-electron chi connectivity index (χ3n) is 5.87. The summed E-state index contributed by atoms with van der Waals surface area (Å²) in [5.74, 6) is -0.416. The Bertz CT molecular complexity index is 1070. The van der Waals surface area contributed by atoms with Crippen molar-refractivity contribution in [3.8, 4) is 11.5 Å². The van der Waals surface area contributed by atoms with Crippen LogP contribution in [0.25, 0.3) is 11.0 Å². The molecule has 4 rings (SSSR count). The SMILES string of the molecule is O=c1ccc2cc(OC3OC(CO)C(O)C(O)C3O)c(OC3OC(CO)C(O)C(O)C3O)cc2o1. The van der Waals surface area contributed by atoms with Gasteiger partial charge in [-0.25, -0.2) is 4.79 Å². The van der Waals surface area contributed by atoms with Gasteiger partial charge >= 0.3 is 5.63 Å². The van der Waals surface area contributed by atoms with E-state index in [0.717, 1.165) is 6.07 Å². The Morgan fingerprint density at radius 2 is 1.17 bits per heavy atom. The fraction of sp³-hybridized carbons (Fsp3) is 0.571. The van der Waals surface area contributed by atoms with E-state index in [1.54, 1.807) is 0 Å². The fourth-order valence-electron chi connectivity index (χ4n) is 3.84. The lowest BCUT2D eigenvalue weighted by atomic mass is 9.99. The first-order valence-corrected chi connectivity index (χ1v) is 10.7. The summed E-state index contributed by atoms with van der Waals surface area (Å²) in [7, 11) is 0. The van der Waals surface area contributed by atoms with Crippen LogP contribution < -0.4 is 15.1 Å². The normalized spacial score (nSPS) is 37.8. The average molecular weight is 502 g/mol. The average Bonchev–Trinajstić information content (AvgIpc) is 2.84. The Kier molecular flexibility index (Phi) is 7.58. The van der Waals surface area contributed by atoms with E-state index in [1.807, 2.05) is 0 Å². The minimum atomic E-state index is -1.77. The van der Waals surface area contributed by atoms with Gasteiger partial charge in [0.25, 0.3) is 0 Å². The molecule has 35 heavy (non-hydrogen) atoms. The van der Waals surface area contributed by atoms with E-state index < -0.39 is 80.3 Å². The van der Waals surface area contributed by atoms with Crippen molar-refractivity contribution in [2.24, 2.45) is 0 Å². The van der Waals surface area contributed by atoms with E-state index in [4.69, 9.17) is 23.4 Å². The zero-order chi connectivity index (χ0) is 25.4. The number of aliphatic hydroxyl groups excluding tert-OH is 8. The van der Waals surface area contributed by atoms with Crippen LogP contribution in [0.1, 0.15) is 0 Å². The van der Waals surface area contributed by atoms with Crippen LogP contribution in [-0.2, 0) is 9.47 Å². The minimum absolute atomic E-state index is 0.0262. The third kappa shape index (κ3) is 4.99. The number of fused-ring (bicyclic) bond motifs is 1. The lowest BCUT2D eigenvalue weighted by Crippen LogP contribution is -2.60. The summed E-state index contributed by atoms with van der Waals surface area (Å²) in [5, 5.41) is 79.8. The fourth-order valence-corrected chi connectivity index (χ4v) is 3.84. The van der Waals surface area contributed by atoms with E-state index in [9.17, 15) is 45.6 Å². The second-order valence-corrected chi connectivity index (χ2v) is 8.22. The molecule has 14 nitrogen and oxygen atoms in total. The molecule has 3 heterocycles. The molecule has 2 saturated heterocycles. The van der Waals surface area contributed by atoms with E-state index in [2.05, 4.69) is 0 Å². The van der Waals surface area contributed by atoms with Gasteiger partial charge in [-0.1, -0.05) is 0 Å². The Labute approximate surface area is 196 Å². The van der Waals surface area contributed by atoms with Gasteiger partial charge in [0.2, 0.25) is 12.6 Å². The Hall–Kier alpha value is -2.37. The molecule has 10 atom stereocenters. The van der Waals surface area contributed by atoms with Crippen molar-refractivity contribution >= 4 is 11.0 Å². The van der Waals surface area contributed by atoms with Crippen LogP contribution in [0.15, 0.2) is 33.5 Å². The molecule has 194 valence electrons. The van der Waals surface area contributed by atoms with Crippen LogP contribution >= 0.6 is 0 Å². The van der Waals surface area contributed by atoms with Gasteiger partial charge in [0, 0.05) is 17.5 Å². The standard InChI is InChI=1S/C21H26O14/c22-5-11-14(25)16(27)18(29)20(34-11)32-9-3-7-1-2-13(24)31-8(7)4-10(9)33-21-19(30)17(28)15(26)12(6-23)35-21/h1-4,11-12,14-23,25-30H,5-6H2. The number of hydrogen-bond acceptors (Lipinski definition) is 14. The highest BCUT2D eigenvalue weighted by Crippen LogP contribution is 2.37. The van der Waals surface area contributed by atoms with E-state index >= 15 is 0 Å². The Morgan fingerprint density at radius 1 is 0.686 bits per heavy atom. The lowest BCUT2D eigenvalue weighted by molar-refractivity contribution is -0.282. The van der Waals surface area contributed by atoms with Gasteiger partial charge in [-0.2, -0.15) is 0 Å². The third-order valence-corrected chi connectivity index (χ3v) is 5.87. The van der Waals surface area contributed by atoms with Crippen LogP contribution in [0.4, 0.5) is 0 Å². The maximum atomic E-state index is 11.7. The lowest BCUT2D eigenvalue weighted by Gasteiger charge is -2.40. The van der Waals surface area contributed by atoms with E-state index in [-0.39, 0.29) is 17.1 Å². The molecule has 2 aliphatic heterocycles. The number of benzene rings is 1. The second kappa shape index (κ2) is 10.3. The Morgan fingerprint density at radius 3 is 1.66 bits per heavy atom. The van der Waals surface area contributed by atoms with Crippen molar-refractivity contribution in [3.63, 3.8) is 0 Å². The van der Waals surface area contributed by atoms with Gasteiger partial charge < -0.3 is 64.2 Å². The summed E-state index contributed by atoms with van der Waals surface area (Å²) in [5.41, 5.74) is -0.655. The van der Waals surface area contributed by atoms with Crippen molar-refractivity contribution < 1.29 is 64.2 Å². The van der Waals surface area contributed by atoms with Crippen molar-refractivity contribution in [1.29, 1.82) is 0 Å². The molecule has 2 fully saturated rings. The summed E-state index contributed by atoms with van der Waals surface area (Å²) in [4.78, 5) is 11.7. The van der Waals surface area contributed by atoms with E-state index in [1.165, 1.54) is 18.2 Å². The van der Waals surface area contributed by atoms with E-state index in [0.29, 0.717) is 5.39 Å². The molecule has 10 unspecified atom stereocenters. The smallest absolute Gasteiger partial charge is 0.336 e. The molecular formula is C21H26O14. The molecule has 0 bridgehead atoms. The highest BCUT2D eigenvalue weighted by atomic mass is 16.7. The summed E-state index contributed by atoms with van der Waals surface area (Å²) < 4.78 is 27.1. The molecule has 0 amide bonds. The van der Waals surface area contributed by atoms with Crippen molar-refractivity contribution in [1.82, 2.24) is 0 Å². The number of ether oxygens (including phenoxy) is 4. The first kappa shape index (κ1) is 25.7. The summed E-state index contributed by atoms with van der Waals surface area (Å²) in [6.45, 7) is -1.40. The van der Waals surface area contributed by atoms with Crippen LogP contribution in [0, 0.1) is 0 Å². The predicted molar refractivity (Wildman–Crippen MR) is 111 cm³/mol. The Balaban J connectivity index is 1.69. The summed E-state index contributed by atoms with van der Waals surface area (Å²) in [6.07, 6.45) is -16.0. The molecular weight excluding hydrogens is 476 g/mol. The summed E-state index contributed by atoms with van der Waals surface area (Å²) >= 11 is 0. The molecule has 0 aliphatic carbocycles. The predicted octanol–water partition coefficient (Wildman–Crippen LogP) is -3.85. The molecule has 2 aromatic rings. The number of rotatable bonds is 6. The molecule has 14 heteroatoms. The highest BCUT2D eigenvalue weighted by molar-refractivity contribution is 5.80.